The third-order valence-corrected chi connectivity index (χ3v) is 3.42. The fraction of sp³-hybridized carbons (Fsp3) is 0.647. The molecule has 3 nitrogen and oxygen atoms in total. The Hall–Kier alpha value is -0.900. The minimum Gasteiger partial charge on any atom is -0.375 e. The van der Waals surface area contributed by atoms with E-state index >= 15 is 0 Å². The zero-order chi connectivity index (χ0) is 14.8. The number of nitrogens with one attached hydrogen (secondary N) is 1. The summed E-state index contributed by atoms with van der Waals surface area (Å²) in [5, 5.41) is 3.44. The second-order valence-corrected chi connectivity index (χ2v) is 5.44. The first-order chi connectivity index (χ1) is 9.65. The van der Waals surface area contributed by atoms with Crippen LogP contribution in [-0.2, 0) is 17.9 Å². The molecule has 0 bridgehead atoms. The second kappa shape index (κ2) is 9.92. The highest BCUT2D eigenvalue weighted by Crippen LogP contribution is 2.07. The maximum absolute atomic E-state index is 5.77. The summed E-state index contributed by atoms with van der Waals surface area (Å²) in [6, 6.07) is 9.15. The molecule has 1 rings (SSSR count). The quantitative estimate of drug-likeness (QED) is 0.666. The van der Waals surface area contributed by atoms with Crippen LogP contribution in [0.3, 0.4) is 0 Å². The Balaban J connectivity index is 2.31. The highest BCUT2D eigenvalue weighted by atomic mass is 16.5. The lowest BCUT2D eigenvalue weighted by Crippen LogP contribution is -2.27. The van der Waals surface area contributed by atoms with Crippen LogP contribution in [0.1, 0.15) is 38.8 Å². The first kappa shape index (κ1) is 17.2. The lowest BCUT2D eigenvalue weighted by atomic mass is 10.1. The number of likely N-dealkylation sites (N-methyl/N-ethyl adjacent to an activating group) is 1. The van der Waals surface area contributed by atoms with Crippen molar-refractivity contribution in [2.24, 2.45) is 0 Å². The fourth-order valence-corrected chi connectivity index (χ4v) is 2.07. The molecular weight excluding hydrogens is 248 g/mol. The van der Waals surface area contributed by atoms with Crippen LogP contribution >= 0.6 is 0 Å². The predicted octanol–water partition coefficient (Wildman–Crippen LogP) is 3.04. The van der Waals surface area contributed by atoms with Crippen molar-refractivity contribution in [2.75, 3.05) is 26.2 Å². The van der Waals surface area contributed by atoms with Crippen molar-refractivity contribution in [2.45, 2.75) is 46.9 Å². The van der Waals surface area contributed by atoms with Crippen LogP contribution in [0.25, 0.3) is 0 Å². The summed E-state index contributed by atoms with van der Waals surface area (Å²) in [7, 11) is 0. The molecule has 0 fully saturated rings. The molecule has 0 radical (unpaired) electrons. The van der Waals surface area contributed by atoms with Crippen molar-refractivity contribution >= 4 is 0 Å². The molecule has 0 atom stereocenters. The van der Waals surface area contributed by atoms with Crippen molar-refractivity contribution in [3.05, 3.63) is 35.4 Å². The topological polar surface area (TPSA) is 24.5 Å². The van der Waals surface area contributed by atoms with E-state index in [0.717, 1.165) is 32.8 Å². The molecule has 0 heterocycles. The van der Waals surface area contributed by atoms with E-state index in [1.807, 2.05) is 0 Å². The molecule has 0 saturated heterocycles. The van der Waals surface area contributed by atoms with E-state index in [1.165, 1.54) is 11.1 Å². The van der Waals surface area contributed by atoms with Gasteiger partial charge in [-0.15, -0.1) is 0 Å². The normalized spacial score (nSPS) is 11.5. The van der Waals surface area contributed by atoms with E-state index in [2.05, 4.69) is 62.2 Å². The van der Waals surface area contributed by atoms with Gasteiger partial charge in [0.05, 0.1) is 13.2 Å². The maximum Gasteiger partial charge on any atom is 0.0717 e. The van der Waals surface area contributed by atoms with Crippen LogP contribution in [0.15, 0.2) is 24.3 Å². The zero-order valence-corrected chi connectivity index (χ0v) is 13.5. The number of nitrogens with zero attached hydrogens (tertiary/aromatic N) is 1. The van der Waals surface area contributed by atoms with Gasteiger partial charge < -0.3 is 15.0 Å². The third kappa shape index (κ3) is 7.04. The number of hydrogen-bond donors (Lipinski definition) is 1. The van der Waals surface area contributed by atoms with Crippen LogP contribution in [0.5, 0.6) is 0 Å². The Morgan fingerprint density at radius 2 is 1.85 bits per heavy atom. The van der Waals surface area contributed by atoms with Crippen LogP contribution in [0.4, 0.5) is 0 Å². The second-order valence-electron chi connectivity index (χ2n) is 5.44. The molecule has 20 heavy (non-hydrogen) atoms. The summed E-state index contributed by atoms with van der Waals surface area (Å²) in [6.45, 7) is 14.3. The molecule has 0 aliphatic heterocycles. The molecule has 0 aliphatic rings. The summed E-state index contributed by atoms with van der Waals surface area (Å²) < 4.78 is 5.77. The van der Waals surface area contributed by atoms with E-state index < -0.39 is 0 Å². The number of rotatable bonds is 10. The predicted molar refractivity (Wildman–Crippen MR) is 85.9 cm³/mol. The molecule has 1 N–H and O–H groups in total. The monoisotopic (exact) mass is 278 g/mol. The van der Waals surface area contributed by atoms with E-state index in [9.17, 15) is 0 Å². The fourth-order valence-electron chi connectivity index (χ4n) is 2.07. The van der Waals surface area contributed by atoms with Crippen molar-refractivity contribution in [1.29, 1.82) is 0 Å². The Labute approximate surface area is 124 Å². The molecule has 0 unspecified atom stereocenters. The standard InChI is InChI=1S/C17H30N2O/c1-5-19(6-2)10-11-20-14-17-9-7-8-16(12-17)13-18-15(3)4/h7-9,12,15,18H,5-6,10-11,13-14H2,1-4H3. The van der Waals surface area contributed by atoms with Gasteiger partial charge in [0, 0.05) is 19.1 Å². The molecule has 0 amide bonds. The van der Waals surface area contributed by atoms with Crippen LogP contribution in [0.2, 0.25) is 0 Å². The molecule has 0 spiro atoms. The average molecular weight is 278 g/mol. The van der Waals surface area contributed by atoms with Gasteiger partial charge in [-0.05, 0) is 24.2 Å². The van der Waals surface area contributed by atoms with Crippen LogP contribution < -0.4 is 5.32 Å². The number of hydrogen-bond acceptors (Lipinski definition) is 3. The minimum absolute atomic E-state index is 0.518. The maximum atomic E-state index is 5.77. The van der Waals surface area contributed by atoms with Crippen molar-refractivity contribution in [1.82, 2.24) is 10.2 Å². The van der Waals surface area contributed by atoms with Gasteiger partial charge in [0.25, 0.3) is 0 Å². The van der Waals surface area contributed by atoms with Crippen molar-refractivity contribution < 1.29 is 4.74 Å². The van der Waals surface area contributed by atoms with Gasteiger partial charge in [-0.3, -0.25) is 0 Å². The minimum atomic E-state index is 0.518. The first-order valence-corrected chi connectivity index (χ1v) is 7.77. The Morgan fingerprint density at radius 3 is 2.50 bits per heavy atom. The Morgan fingerprint density at radius 1 is 1.15 bits per heavy atom. The van der Waals surface area contributed by atoms with Crippen molar-refractivity contribution in [3.8, 4) is 0 Å². The number of benzene rings is 1. The molecule has 0 aliphatic carbocycles. The van der Waals surface area contributed by atoms with Gasteiger partial charge in [0.2, 0.25) is 0 Å². The van der Waals surface area contributed by atoms with E-state index in [-0.39, 0.29) is 0 Å². The molecule has 114 valence electrons. The SMILES string of the molecule is CCN(CC)CCOCc1cccc(CNC(C)C)c1. The largest absolute Gasteiger partial charge is 0.375 e. The smallest absolute Gasteiger partial charge is 0.0717 e. The van der Waals surface area contributed by atoms with Gasteiger partial charge in [0.15, 0.2) is 0 Å². The highest BCUT2D eigenvalue weighted by molar-refractivity contribution is 5.22. The van der Waals surface area contributed by atoms with Gasteiger partial charge in [-0.2, -0.15) is 0 Å². The molecule has 3 heteroatoms. The first-order valence-electron chi connectivity index (χ1n) is 7.77. The summed E-state index contributed by atoms with van der Waals surface area (Å²) in [5.74, 6) is 0. The highest BCUT2D eigenvalue weighted by Gasteiger charge is 2.00. The zero-order valence-electron chi connectivity index (χ0n) is 13.5. The van der Waals surface area contributed by atoms with Gasteiger partial charge in [-0.25, -0.2) is 0 Å². The molecule has 0 saturated carbocycles. The molecular formula is C17H30N2O. The number of ether oxygens (including phenoxy) is 1. The average Bonchev–Trinajstić information content (AvgIpc) is 2.46. The molecule has 1 aromatic carbocycles. The summed E-state index contributed by atoms with van der Waals surface area (Å²) in [5.41, 5.74) is 2.58. The van der Waals surface area contributed by atoms with Crippen molar-refractivity contribution in [3.63, 3.8) is 0 Å². The Bertz CT molecular complexity index is 362. The summed E-state index contributed by atoms with van der Waals surface area (Å²) in [4.78, 5) is 2.38. The lowest BCUT2D eigenvalue weighted by molar-refractivity contribution is 0.0956. The summed E-state index contributed by atoms with van der Waals surface area (Å²) in [6.07, 6.45) is 0. The molecule has 1 aromatic rings. The van der Waals surface area contributed by atoms with Gasteiger partial charge >= 0.3 is 0 Å². The summed E-state index contributed by atoms with van der Waals surface area (Å²) >= 11 is 0. The van der Waals surface area contributed by atoms with E-state index in [1.54, 1.807) is 0 Å². The Kier molecular flexibility index (Phi) is 8.51. The third-order valence-electron chi connectivity index (χ3n) is 3.42. The van der Waals surface area contributed by atoms with Gasteiger partial charge in [-0.1, -0.05) is 52.0 Å². The van der Waals surface area contributed by atoms with Crippen LogP contribution in [0, 0.1) is 0 Å². The lowest BCUT2D eigenvalue weighted by Gasteiger charge is -2.17. The van der Waals surface area contributed by atoms with E-state index in [0.29, 0.717) is 12.6 Å². The molecule has 0 aromatic heterocycles. The van der Waals surface area contributed by atoms with E-state index in [4.69, 9.17) is 4.74 Å². The van der Waals surface area contributed by atoms with Gasteiger partial charge in [0.1, 0.15) is 0 Å². The van der Waals surface area contributed by atoms with Crippen LogP contribution in [-0.4, -0.2) is 37.2 Å².